The predicted octanol–water partition coefficient (Wildman–Crippen LogP) is 2.73. The van der Waals surface area contributed by atoms with Gasteiger partial charge in [0.2, 0.25) is 0 Å². The summed E-state index contributed by atoms with van der Waals surface area (Å²) in [5.41, 5.74) is -1.32. The Morgan fingerprint density at radius 3 is 2.41 bits per heavy atom. The molecule has 1 amide bonds. The number of anilines is 1. The summed E-state index contributed by atoms with van der Waals surface area (Å²) >= 11 is 0. The fraction of sp³-hybridized carbons (Fsp3) is 0.294. The number of aromatic nitrogens is 6. The Labute approximate surface area is 163 Å². The number of ether oxygens (including phenoxy) is 1. The fourth-order valence-electron chi connectivity index (χ4n) is 2.24. The molecule has 3 aromatic heterocycles. The van der Waals surface area contributed by atoms with Crippen LogP contribution in [0.1, 0.15) is 30.0 Å². The fourth-order valence-corrected chi connectivity index (χ4v) is 2.24. The van der Waals surface area contributed by atoms with Crippen LogP contribution in [0.3, 0.4) is 0 Å². The van der Waals surface area contributed by atoms with E-state index in [0.717, 1.165) is 0 Å². The number of amides is 1. The Morgan fingerprint density at radius 2 is 1.86 bits per heavy atom. The van der Waals surface area contributed by atoms with Crippen molar-refractivity contribution in [1.29, 1.82) is 0 Å². The number of nitrogens with one attached hydrogen (secondary N) is 1. The largest absolute Gasteiger partial charge is 0.461 e. The van der Waals surface area contributed by atoms with Gasteiger partial charge in [-0.15, -0.1) is 0 Å². The quantitative estimate of drug-likeness (QED) is 0.693. The molecule has 0 fully saturated rings. The molecule has 0 saturated carbocycles. The molecule has 0 atom stereocenters. The zero-order valence-electron chi connectivity index (χ0n) is 15.6. The molecular formula is C17H16F3N7O2. The van der Waals surface area contributed by atoms with Gasteiger partial charge in [0.05, 0.1) is 36.7 Å². The third-order valence-electron chi connectivity index (χ3n) is 3.52. The lowest BCUT2D eigenvalue weighted by Gasteiger charge is -2.11. The van der Waals surface area contributed by atoms with Gasteiger partial charge in [-0.05, 0) is 13.8 Å². The Morgan fingerprint density at radius 1 is 1.17 bits per heavy atom. The van der Waals surface area contributed by atoms with E-state index in [1.807, 2.05) is 0 Å². The van der Waals surface area contributed by atoms with E-state index in [-0.39, 0.29) is 29.3 Å². The Hall–Kier alpha value is -3.57. The van der Waals surface area contributed by atoms with Crippen LogP contribution in [-0.2, 0) is 13.2 Å². The van der Waals surface area contributed by atoms with Crippen molar-refractivity contribution in [1.82, 2.24) is 29.5 Å². The molecular weight excluding hydrogens is 391 g/mol. The molecule has 0 saturated heterocycles. The first-order valence-corrected chi connectivity index (χ1v) is 8.36. The number of rotatable bonds is 5. The van der Waals surface area contributed by atoms with Crippen molar-refractivity contribution in [3.63, 3.8) is 0 Å². The maximum Gasteiger partial charge on any atom is 0.433 e. The standard InChI is InChI=1S/C17H16F3N7O2/c1-9(2)29-16-22-5-10(6-23-16)24-15(28)11-4-13(17(18,19)20)26-14(25-11)12-7-21-8-27(12)3/h4-9H,1-3H3,(H,24,28). The number of hydrogen-bond donors (Lipinski definition) is 1. The third-order valence-corrected chi connectivity index (χ3v) is 3.52. The number of hydrogen-bond acceptors (Lipinski definition) is 7. The molecule has 0 spiro atoms. The highest BCUT2D eigenvalue weighted by Gasteiger charge is 2.34. The molecule has 12 heteroatoms. The van der Waals surface area contributed by atoms with Crippen LogP contribution in [0.15, 0.2) is 31.0 Å². The molecule has 0 unspecified atom stereocenters. The monoisotopic (exact) mass is 407 g/mol. The maximum atomic E-state index is 13.3. The van der Waals surface area contributed by atoms with E-state index in [1.165, 1.54) is 29.5 Å². The molecule has 3 rings (SSSR count). The van der Waals surface area contributed by atoms with Crippen molar-refractivity contribution in [2.45, 2.75) is 26.1 Å². The highest BCUT2D eigenvalue weighted by atomic mass is 19.4. The molecule has 3 aromatic rings. The van der Waals surface area contributed by atoms with Crippen molar-refractivity contribution in [3.8, 4) is 17.5 Å². The zero-order valence-corrected chi connectivity index (χ0v) is 15.6. The highest BCUT2D eigenvalue weighted by Crippen LogP contribution is 2.29. The average molecular weight is 407 g/mol. The van der Waals surface area contributed by atoms with E-state index in [4.69, 9.17) is 4.74 Å². The maximum absolute atomic E-state index is 13.3. The number of imidazole rings is 1. The van der Waals surface area contributed by atoms with Gasteiger partial charge in [0.15, 0.2) is 5.82 Å². The summed E-state index contributed by atoms with van der Waals surface area (Å²) in [6.07, 6.45) is 0.342. The summed E-state index contributed by atoms with van der Waals surface area (Å²) in [6, 6.07) is 0.685. The van der Waals surface area contributed by atoms with Crippen LogP contribution >= 0.6 is 0 Å². The van der Waals surface area contributed by atoms with Gasteiger partial charge in [-0.1, -0.05) is 0 Å². The molecule has 0 aromatic carbocycles. The van der Waals surface area contributed by atoms with Gasteiger partial charge >= 0.3 is 12.2 Å². The lowest BCUT2D eigenvalue weighted by molar-refractivity contribution is -0.141. The van der Waals surface area contributed by atoms with Gasteiger partial charge in [0, 0.05) is 13.1 Å². The van der Waals surface area contributed by atoms with Gasteiger partial charge < -0.3 is 14.6 Å². The molecule has 29 heavy (non-hydrogen) atoms. The topological polar surface area (TPSA) is 108 Å². The summed E-state index contributed by atoms with van der Waals surface area (Å²) in [5.74, 6) is -1.15. The minimum atomic E-state index is -4.76. The number of nitrogens with zero attached hydrogens (tertiary/aromatic N) is 6. The van der Waals surface area contributed by atoms with Crippen LogP contribution in [-0.4, -0.2) is 41.5 Å². The van der Waals surface area contributed by atoms with E-state index < -0.39 is 23.5 Å². The van der Waals surface area contributed by atoms with Crippen molar-refractivity contribution in [3.05, 3.63) is 42.4 Å². The van der Waals surface area contributed by atoms with Gasteiger partial charge in [0.25, 0.3) is 5.91 Å². The number of carbonyl (C=O) groups is 1. The first kappa shape index (κ1) is 20.2. The van der Waals surface area contributed by atoms with Crippen LogP contribution < -0.4 is 10.1 Å². The lowest BCUT2D eigenvalue weighted by Crippen LogP contribution is -2.19. The molecule has 0 aliphatic heterocycles. The lowest BCUT2D eigenvalue weighted by atomic mass is 10.2. The van der Waals surface area contributed by atoms with Crippen LogP contribution in [0.5, 0.6) is 6.01 Å². The second kappa shape index (κ2) is 7.81. The number of halogens is 3. The van der Waals surface area contributed by atoms with E-state index >= 15 is 0 Å². The summed E-state index contributed by atoms with van der Waals surface area (Å²) in [7, 11) is 1.57. The molecule has 1 N–H and O–H groups in total. The van der Waals surface area contributed by atoms with Gasteiger partial charge in [-0.2, -0.15) is 13.2 Å². The van der Waals surface area contributed by atoms with Crippen molar-refractivity contribution < 1.29 is 22.7 Å². The van der Waals surface area contributed by atoms with Gasteiger partial charge in [-0.3, -0.25) is 4.79 Å². The SMILES string of the molecule is CC(C)Oc1ncc(NC(=O)c2cc(C(F)(F)F)nc(-c3cncn3C)n2)cn1. The highest BCUT2D eigenvalue weighted by molar-refractivity contribution is 6.03. The van der Waals surface area contributed by atoms with Crippen molar-refractivity contribution >= 4 is 11.6 Å². The van der Waals surface area contributed by atoms with E-state index in [0.29, 0.717) is 6.07 Å². The van der Waals surface area contributed by atoms with Gasteiger partial charge in [-0.25, -0.2) is 24.9 Å². The van der Waals surface area contributed by atoms with E-state index in [2.05, 4.69) is 30.2 Å². The van der Waals surface area contributed by atoms with Crippen LogP contribution in [0.25, 0.3) is 11.5 Å². The van der Waals surface area contributed by atoms with Crippen molar-refractivity contribution in [2.75, 3.05) is 5.32 Å². The molecule has 3 heterocycles. The minimum Gasteiger partial charge on any atom is -0.461 e. The molecule has 0 aliphatic carbocycles. The summed E-state index contributed by atoms with van der Waals surface area (Å²) in [5, 5.41) is 2.40. The Balaban J connectivity index is 1.90. The molecule has 152 valence electrons. The first-order valence-electron chi connectivity index (χ1n) is 8.36. The van der Waals surface area contributed by atoms with E-state index in [1.54, 1.807) is 20.9 Å². The van der Waals surface area contributed by atoms with Crippen LogP contribution in [0, 0.1) is 0 Å². The predicted molar refractivity (Wildman–Crippen MR) is 95.0 cm³/mol. The molecule has 9 nitrogen and oxygen atoms in total. The molecule has 0 bridgehead atoms. The molecule has 0 aliphatic rings. The summed E-state index contributed by atoms with van der Waals surface area (Å²) in [4.78, 5) is 31.6. The van der Waals surface area contributed by atoms with Gasteiger partial charge in [0.1, 0.15) is 17.1 Å². The average Bonchev–Trinajstić information content (AvgIpc) is 3.08. The van der Waals surface area contributed by atoms with Crippen LogP contribution in [0.2, 0.25) is 0 Å². The second-order valence-electron chi connectivity index (χ2n) is 6.22. The zero-order chi connectivity index (χ0) is 21.2. The minimum absolute atomic E-state index is 0.109. The third kappa shape index (κ3) is 4.83. The normalized spacial score (nSPS) is 11.6. The van der Waals surface area contributed by atoms with E-state index in [9.17, 15) is 18.0 Å². The summed E-state index contributed by atoms with van der Waals surface area (Å²) < 4.78 is 46.5. The Bertz CT molecular complexity index is 1020. The number of alkyl halides is 3. The second-order valence-corrected chi connectivity index (χ2v) is 6.22. The molecule has 0 radical (unpaired) electrons. The smallest absolute Gasteiger partial charge is 0.433 e. The summed E-state index contributed by atoms with van der Waals surface area (Å²) in [6.45, 7) is 3.60. The van der Waals surface area contributed by atoms with Crippen LogP contribution in [0.4, 0.5) is 18.9 Å². The number of aryl methyl sites for hydroxylation is 1. The van der Waals surface area contributed by atoms with Crippen molar-refractivity contribution in [2.24, 2.45) is 7.05 Å². The first-order chi connectivity index (χ1) is 13.6. The number of carbonyl (C=O) groups excluding carboxylic acids is 1. The Kier molecular flexibility index (Phi) is 5.43.